The molecule has 1 nitrogen and oxygen atoms in total. The van der Waals surface area contributed by atoms with Crippen molar-refractivity contribution in [1.82, 2.24) is 0 Å². The van der Waals surface area contributed by atoms with Crippen molar-refractivity contribution in [3.8, 4) is 0 Å². The van der Waals surface area contributed by atoms with Crippen LogP contribution in [0.1, 0.15) is 0 Å². The summed E-state index contributed by atoms with van der Waals surface area (Å²) >= 11 is 0. The van der Waals surface area contributed by atoms with Crippen molar-refractivity contribution in [2.45, 2.75) is 0 Å². The molecule has 0 aromatic rings. The fourth-order valence-electron chi connectivity index (χ4n) is 0. The smallest absolute Gasteiger partial charge is 0.298 e. The van der Waals surface area contributed by atoms with Crippen LogP contribution in [-0.4, -0.2) is 6.79 Å². The second-order valence-electron chi connectivity index (χ2n) is 0.737. The van der Waals surface area contributed by atoms with Crippen molar-refractivity contribution in [3.63, 3.8) is 0 Å². The van der Waals surface area contributed by atoms with Gasteiger partial charge in [-0.05, 0) is 6.58 Å². The van der Waals surface area contributed by atoms with Gasteiger partial charge in [0, 0.05) is 0 Å². The second kappa shape index (κ2) is 15.9. The van der Waals surface area contributed by atoms with Crippen LogP contribution in [0.4, 0.5) is 22.0 Å². The molecule has 66 valence electrons. The van der Waals surface area contributed by atoms with Crippen LogP contribution in [0.15, 0.2) is 25.1 Å². The molecule has 11 heavy (non-hydrogen) atoms. The van der Waals surface area contributed by atoms with Crippen molar-refractivity contribution >= 4 is 6.79 Å². The molecule has 0 spiro atoms. The average molecular weight is 176 g/mol. The van der Waals surface area contributed by atoms with Gasteiger partial charge < -0.3 is 4.79 Å². The van der Waals surface area contributed by atoms with Crippen molar-refractivity contribution in [3.05, 3.63) is 25.1 Å². The number of carbonyl (C=O) groups is 1. The molecule has 0 amide bonds. The summed E-state index contributed by atoms with van der Waals surface area (Å²) in [6.45, 7) is 4.22. The van der Waals surface area contributed by atoms with Gasteiger partial charge in [0.1, 0.15) is 6.79 Å². The van der Waals surface area contributed by atoms with Crippen LogP contribution < -0.4 is 0 Å². The summed E-state index contributed by atoms with van der Waals surface area (Å²) in [5, 5.41) is 0. The SMILES string of the molecule is C=C(F)F.C=O.FC=C(F)F. The minimum absolute atomic E-state index is 0.750. The largest absolute Gasteiger partial charge is 0.307 e. The number of hydrogen-bond acceptors (Lipinski definition) is 1. The highest BCUT2D eigenvalue weighted by molar-refractivity contribution is 5.10. The molecule has 0 atom stereocenters. The predicted molar refractivity (Wildman–Crippen MR) is 29.9 cm³/mol. The molecule has 6 heteroatoms. The standard InChI is InChI=1S/C2HF3.C2H2F2.CH2O/c3-1-2(4)5;1-2(3)4;1-2/h1H;1H2;1H2. The third-order valence-corrected chi connectivity index (χ3v) is 0.0825. The summed E-state index contributed by atoms with van der Waals surface area (Å²) in [4.78, 5) is 8.00. The van der Waals surface area contributed by atoms with Crippen LogP contribution in [0.5, 0.6) is 0 Å². The molecule has 0 saturated carbocycles. The van der Waals surface area contributed by atoms with Crippen molar-refractivity contribution in [2.24, 2.45) is 0 Å². The molecule has 0 aliphatic heterocycles. The first-order chi connectivity index (χ1) is 5.00. The lowest BCUT2D eigenvalue weighted by atomic mass is 11.1. The van der Waals surface area contributed by atoms with E-state index in [-0.39, 0.29) is 0 Å². The van der Waals surface area contributed by atoms with E-state index in [0.29, 0.717) is 0 Å². The van der Waals surface area contributed by atoms with Gasteiger partial charge in [-0.2, -0.15) is 17.6 Å². The van der Waals surface area contributed by atoms with Crippen molar-refractivity contribution in [2.75, 3.05) is 0 Å². The number of halogens is 5. The van der Waals surface area contributed by atoms with E-state index in [0.717, 1.165) is 0 Å². The lowest BCUT2D eigenvalue weighted by Crippen LogP contribution is -1.42. The topological polar surface area (TPSA) is 17.1 Å². The minimum Gasteiger partial charge on any atom is -0.307 e. The van der Waals surface area contributed by atoms with Gasteiger partial charge in [-0.15, -0.1) is 0 Å². The maximum Gasteiger partial charge on any atom is 0.298 e. The second-order valence-corrected chi connectivity index (χ2v) is 0.737. The monoisotopic (exact) mass is 176 g/mol. The third kappa shape index (κ3) is 636. The van der Waals surface area contributed by atoms with Gasteiger partial charge in [-0.25, -0.2) is 4.39 Å². The van der Waals surface area contributed by atoms with Crippen LogP contribution in [-0.2, 0) is 4.79 Å². The van der Waals surface area contributed by atoms with Gasteiger partial charge in [0.25, 0.3) is 12.2 Å². The lowest BCUT2D eigenvalue weighted by Gasteiger charge is -1.59. The van der Waals surface area contributed by atoms with Crippen molar-refractivity contribution in [1.29, 1.82) is 0 Å². The van der Waals surface area contributed by atoms with Crippen LogP contribution >= 0.6 is 0 Å². The first-order valence-electron chi connectivity index (χ1n) is 1.91. The third-order valence-electron chi connectivity index (χ3n) is 0.0825. The maximum atomic E-state index is 10.2. The predicted octanol–water partition coefficient (Wildman–Crippen LogP) is 2.91. The van der Waals surface area contributed by atoms with Crippen molar-refractivity contribution < 1.29 is 26.7 Å². The Balaban J connectivity index is -0.0000000965. The van der Waals surface area contributed by atoms with Crippen LogP contribution in [0.2, 0.25) is 0 Å². The Bertz CT molecular complexity index is 114. The Morgan fingerprint density at radius 3 is 1.18 bits per heavy atom. The van der Waals surface area contributed by atoms with Crippen LogP contribution in [0.3, 0.4) is 0 Å². The summed E-state index contributed by atoms with van der Waals surface area (Å²) in [6.07, 6.45) is -4.87. The Hall–Kier alpha value is -1.20. The molecular weight excluding hydrogens is 171 g/mol. The summed E-state index contributed by atoms with van der Waals surface area (Å²) in [5.74, 6) is 0. The molecule has 0 heterocycles. The number of hydrogen-bond donors (Lipinski definition) is 0. The molecule has 0 fully saturated rings. The van der Waals surface area contributed by atoms with Crippen LogP contribution in [0, 0.1) is 0 Å². The Morgan fingerprint density at radius 2 is 1.18 bits per heavy atom. The Morgan fingerprint density at radius 1 is 1.09 bits per heavy atom. The Labute approximate surface area is 59.8 Å². The molecular formula is C5H5F5O. The first kappa shape index (κ1) is 16.4. The van der Waals surface area contributed by atoms with E-state index in [2.05, 4.69) is 6.58 Å². The van der Waals surface area contributed by atoms with E-state index in [9.17, 15) is 22.0 Å². The zero-order valence-electron chi connectivity index (χ0n) is 5.29. The lowest BCUT2D eigenvalue weighted by molar-refractivity contribution is -0.0979. The minimum atomic E-state index is -2.29. The number of carbonyl (C=O) groups excluding carboxylic acids is 1. The average Bonchev–Trinajstić information content (AvgIpc) is 1.91. The van der Waals surface area contributed by atoms with Gasteiger partial charge in [-0.3, -0.25) is 0 Å². The quantitative estimate of drug-likeness (QED) is 0.518. The van der Waals surface area contributed by atoms with E-state index in [1.54, 1.807) is 0 Å². The first-order valence-corrected chi connectivity index (χ1v) is 1.91. The molecule has 0 saturated heterocycles. The highest BCUT2D eigenvalue weighted by atomic mass is 19.3. The zero-order valence-corrected chi connectivity index (χ0v) is 5.29. The molecule has 0 bridgehead atoms. The van der Waals surface area contributed by atoms with Gasteiger partial charge in [-0.1, -0.05) is 0 Å². The molecule has 0 unspecified atom stereocenters. The van der Waals surface area contributed by atoms with E-state index in [4.69, 9.17) is 4.79 Å². The molecule has 0 aromatic heterocycles. The summed E-state index contributed by atoms with van der Waals surface area (Å²) < 4.78 is 51.0. The molecule has 0 aliphatic carbocycles. The van der Waals surface area contributed by atoms with E-state index in [1.807, 2.05) is 6.79 Å². The van der Waals surface area contributed by atoms with E-state index < -0.39 is 18.5 Å². The zero-order chi connectivity index (χ0) is 9.86. The maximum absolute atomic E-state index is 10.2. The summed E-state index contributed by atoms with van der Waals surface area (Å²) in [6, 6.07) is 0. The molecule has 0 rings (SSSR count). The molecule has 0 radical (unpaired) electrons. The van der Waals surface area contributed by atoms with Gasteiger partial charge in [0.05, 0.1) is 0 Å². The highest BCUT2D eigenvalue weighted by Gasteiger charge is 1.78. The Kier molecular flexibility index (Phi) is 23.7. The molecule has 0 aliphatic rings. The normalized spacial score (nSPS) is 5.91. The fourth-order valence-corrected chi connectivity index (χ4v) is 0. The van der Waals surface area contributed by atoms with E-state index in [1.165, 1.54) is 0 Å². The molecule has 0 N–H and O–H groups in total. The summed E-state index contributed by atoms with van der Waals surface area (Å²) in [7, 11) is 0. The molecule has 0 aromatic carbocycles. The van der Waals surface area contributed by atoms with E-state index >= 15 is 0 Å². The van der Waals surface area contributed by atoms with Crippen LogP contribution in [0.25, 0.3) is 0 Å². The highest BCUT2D eigenvalue weighted by Crippen LogP contribution is 1.93. The fraction of sp³-hybridized carbons (Fsp3) is 0. The van der Waals surface area contributed by atoms with Gasteiger partial charge in [0.2, 0.25) is 0 Å². The number of rotatable bonds is 0. The van der Waals surface area contributed by atoms with Gasteiger partial charge >= 0.3 is 0 Å². The van der Waals surface area contributed by atoms with Gasteiger partial charge in [0.15, 0.2) is 6.33 Å². The summed E-state index contributed by atoms with van der Waals surface area (Å²) in [5.41, 5.74) is 0.